The molecule has 5 nitrogen and oxygen atoms in total. The summed E-state index contributed by atoms with van der Waals surface area (Å²) in [5, 5.41) is 3.48. The molecule has 1 rings (SSSR count). The van der Waals surface area contributed by atoms with Crippen LogP contribution in [-0.2, 0) is 21.3 Å². The van der Waals surface area contributed by atoms with E-state index in [2.05, 4.69) is 10.0 Å². The molecule has 0 saturated carbocycles. The van der Waals surface area contributed by atoms with E-state index in [0.717, 1.165) is 0 Å². The molecular formula is C12H18Cl2N2O3S. The highest BCUT2D eigenvalue weighted by molar-refractivity contribution is 7.89. The molecule has 0 atom stereocenters. The lowest BCUT2D eigenvalue weighted by Crippen LogP contribution is -2.26. The first-order valence-electron chi connectivity index (χ1n) is 6.04. The van der Waals surface area contributed by atoms with Crippen LogP contribution in [0.2, 0.25) is 10.0 Å². The van der Waals surface area contributed by atoms with Crippen molar-refractivity contribution in [1.82, 2.24) is 10.0 Å². The fourth-order valence-corrected chi connectivity index (χ4v) is 3.61. The summed E-state index contributed by atoms with van der Waals surface area (Å²) in [6.07, 6.45) is 0.588. The van der Waals surface area contributed by atoms with Crippen molar-refractivity contribution in [2.24, 2.45) is 0 Å². The maximum atomic E-state index is 12.2. The molecule has 2 N–H and O–H groups in total. The molecule has 0 saturated heterocycles. The first-order chi connectivity index (χ1) is 9.44. The zero-order valence-corrected chi connectivity index (χ0v) is 13.7. The maximum Gasteiger partial charge on any atom is 0.242 e. The highest BCUT2D eigenvalue weighted by Gasteiger charge is 2.20. The Labute approximate surface area is 129 Å². The number of hydrogen-bond acceptors (Lipinski definition) is 4. The van der Waals surface area contributed by atoms with Crippen molar-refractivity contribution in [3.63, 3.8) is 0 Å². The van der Waals surface area contributed by atoms with E-state index in [-0.39, 0.29) is 16.5 Å². The molecule has 0 heterocycles. The molecular weight excluding hydrogens is 323 g/mol. The highest BCUT2D eigenvalue weighted by Crippen LogP contribution is 2.30. The summed E-state index contributed by atoms with van der Waals surface area (Å²) in [6.45, 7) is 1.17. The minimum atomic E-state index is -3.65. The largest absolute Gasteiger partial charge is 0.385 e. The van der Waals surface area contributed by atoms with Crippen molar-refractivity contribution in [1.29, 1.82) is 0 Å². The van der Waals surface area contributed by atoms with Gasteiger partial charge in [-0.15, -0.1) is 0 Å². The van der Waals surface area contributed by atoms with Crippen LogP contribution in [-0.4, -0.2) is 35.7 Å². The van der Waals surface area contributed by atoms with E-state index in [1.807, 2.05) is 0 Å². The Bertz CT molecular complexity index is 550. The normalized spacial score (nSPS) is 11.8. The third kappa shape index (κ3) is 4.58. The van der Waals surface area contributed by atoms with E-state index in [1.165, 1.54) is 12.1 Å². The van der Waals surface area contributed by atoms with E-state index >= 15 is 0 Å². The number of methoxy groups -OCH3 is 1. The zero-order valence-electron chi connectivity index (χ0n) is 11.4. The van der Waals surface area contributed by atoms with Crippen LogP contribution in [0.4, 0.5) is 0 Å². The molecule has 20 heavy (non-hydrogen) atoms. The lowest BCUT2D eigenvalue weighted by molar-refractivity contribution is 0.196. The molecule has 8 heteroatoms. The van der Waals surface area contributed by atoms with Crippen LogP contribution in [0.15, 0.2) is 17.0 Å². The topological polar surface area (TPSA) is 67.4 Å². The molecule has 0 unspecified atom stereocenters. The van der Waals surface area contributed by atoms with Crippen LogP contribution in [0.5, 0.6) is 0 Å². The quantitative estimate of drug-likeness (QED) is 0.710. The Balaban J connectivity index is 2.97. The number of rotatable bonds is 8. The van der Waals surface area contributed by atoms with Crippen molar-refractivity contribution in [3.8, 4) is 0 Å². The van der Waals surface area contributed by atoms with Gasteiger partial charge in [-0.3, -0.25) is 0 Å². The van der Waals surface area contributed by atoms with Crippen LogP contribution in [0.25, 0.3) is 0 Å². The highest BCUT2D eigenvalue weighted by atomic mass is 35.5. The molecule has 0 spiro atoms. The van der Waals surface area contributed by atoms with Crippen LogP contribution in [0, 0.1) is 0 Å². The summed E-state index contributed by atoms with van der Waals surface area (Å²) in [5.41, 5.74) is 0.565. The standard InChI is InChI=1S/C12H18Cl2N2O3S/c1-15-8-9-10(13)4-5-11(12(9)14)20(17,18)16-6-3-7-19-2/h4-5,15-16H,3,6-8H2,1-2H3. The van der Waals surface area contributed by atoms with Gasteiger partial charge < -0.3 is 10.1 Å². The molecule has 0 fully saturated rings. The first kappa shape index (κ1) is 17.7. The minimum Gasteiger partial charge on any atom is -0.385 e. The SMILES string of the molecule is CNCc1c(Cl)ccc(S(=O)(=O)NCCCOC)c1Cl. The summed E-state index contributed by atoms with van der Waals surface area (Å²) in [4.78, 5) is 0.0335. The third-order valence-corrected chi connectivity index (χ3v) is 5.01. The van der Waals surface area contributed by atoms with Crippen molar-refractivity contribution in [3.05, 3.63) is 27.7 Å². The fraction of sp³-hybridized carbons (Fsp3) is 0.500. The molecule has 0 bridgehead atoms. The number of hydrogen-bond donors (Lipinski definition) is 2. The Morgan fingerprint density at radius 2 is 2.00 bits per heavy atom. The van der Waals surface area contributed by atoms with Gasteiger partial charge in [-0.2, -0.15) is 0 Å². The zero-order chi connectivity index (χ0) is 15.2. The third-order valence-electron chi connectivity index (χ3n) is 2.61. The number of nitrogens with one attached hydrogen (secondary N) is 2. The van der Waals surface area contributed by atoms with E-state index in [9.17, 15) is 8.42 Å². The van der Waals surface area contributed by atoms with Crippen LogP contribution in [0.1, 0.15) is 12.0 Å². The monoisotopic (exact) mass is 340 g/mol. The Hall–Kier alpha value is -0.370. The lowest BCUT2D eigenvalue weighted by Gasteiger charge is -2.12. The fourth-order valence-electron chi connectivity index (χ4n) is 1.62. The molecule has 1 aromatic carbocycles. The first-order valence-corrected chi connectivity index (χ1v) is 8.28. The summed E-state index contributed by atoms with van der Waals surface area (Å²) < 4.78 is 31.7. The van der Waals surface area contributed by atoms with Gasteiger partial charge in [0.05, 0.1) is 5.02 Å². The van der Waals surface area contributed by atoms with E-state index < -0.39 is 10.0 Å². The van der Waals surface area contributed by atoms with Crippen LogP contribution < -0.4 is 10.0 Å². The van der Waals surface area contributed by atoms with Crippen molar-refractivity contribution in [2.45, 2.75) is 17.9 Å². The maximum absolute atomic E-state index is 12.2. The molecule has 0 amide bonds. The predicted molar refractivity (Wildman–Crippen MR) is 80.9 cm³/mol. The van der Waals surface area contributed by atoms with E-state index in [4.69, 9.17) is 27.9 Å². The van der Waals surface area contributed by atoms with Gasteiger partial charge in [0.1, 0.15) is 4.90 Å². The van der Waals surface area contributed by atoms with Crippen molar-refractivity contribution in [2.75, 3.05) is 27.3 Å². The average Bonchev–Trinajstić information content (AvgIpc) is 2.39. The lowest BCUT2D eigenvalue weighted by atomic mass is 10.2. The Kier molecular flexibility index (Phi) is 7.22. The van der Waals surface area contributed by atoms with E-state index in [0.29, 0.717) is 30.2 Å². The molecule has 0 aromatic heterocycles. The molecule has 0 aliphatic heterocycles. The van der Waals surface area contributed by atoms with E-state index in [1.54, 1.807) is 14.2 Å². The molecule has 1 aromatic rings. The smallest absolute Gasteiger partial charge is 0.242 e. The minimum absolute atomic E-state index is 0.0335. The van der Waals surface area contributed by atoms with Gasteiger partial charge in [0.2, 0.25) is 10.0 Å². The second kappa shape index (κ2) is 8.17. The van der Waals surface area contributed by atoms with Crippen molar-refractivity contribution >= 4 is 33.2 Å². The number of sulfonamides is 1. The van der Waals surface area contributed by atoms with Gasteiger partial charge >= 0.3 is 0 Å². The number of ether oxygens (including phenoxy) is 1. The molecule has 0 aliphatic carbocycles. The van der Waals surface area contributed by atoms with Crippen LogP contribution in [0.3, 0.4) is 0 Å². The number of halogens is 2. The second-order valence-electron chi connectivity index (χ2n) is 4.11. The molecule has 114 valence electrons. The molecule has 0 aliphatic rings. The van der Waals surface area contributed by atoms with Gasteiger partial charge in [-0.05, 0) is 25.6 Å². The predicted octanol–water partition coefficient (Wildman–Crippen LogP) is 2.03. The average molecular weight is 341 g/mol. The summed E-state index contributed by atoms with van der Waals surface area (Å²) >= 11 is 12.2. The Morgan fingerprint density at radius 1 is 1.30 bits per heavy atom. The van der Waals surface area contributed by atoms with Gasteiger partial charge in [0.25, 0.3) is 0 Å². The summed E-state index contributed by atoms with van der Waals surface area (Å²) in [6, 6.07) is 2.94. The summed E-state index contributed by atoms with van der Waals surface area (Å²) in [7, 11) is -0.356. The number of benzene rings is 1. The van der Waals surface area contributed by atoms with Gasteiger partial charge in [0.15, 0.2) is 0 Å². The second-order valence-corrected chi connectivity index (χ2v) is 6.63. The summed E-state index contributed by atoms with van der Waals surface area (Å²) in [5.74, 6) is 0. The molecule has 0 radical (unpaired) electrons. The van der Waals surface area contributed by atoms with Gasteiger partial charge in [-0.25, -0.2) is 13.1 Å². The Morgan fingerprint density at radius 3 is 2.60 bits per heavy atom. The van der Waals surface area contributed by atoms with Crippen LogP contribution >= 0.6 is 23.2 Å². The van der Waals surface area contributed by atoms with Gasteiger partial charge in [-0.1, -0.05) is 23.2 Å². The van der Waals surface area contributed by atoms with Crippen molar-refractivity contribution < 1.29 is 13.2 Å². The van der Waals surface area contributed by atoms with Gasteiger partial charge in [0, 0.05) is 37.4 Å².